The molecule has 2 heterocycles. The Labute approximate surface area is 124 Å². The van der Waals surface area contributed by atoms with E-state index in [-0.39, 0.29) is 0 Å². The highest BCUT2D eigenvalue weighted by molar-refractivity contribution is 14.1. The van der Waals surface area contributed by atoms with Crippen LogP contribution >= 0.6 is 22.6 Å². The summed E-state index contributed by atoms with van der Waals surface area (Å²) in [5.41, 5.74) is 2.24. The van der Waals surface area contributed by atoms with Crippen LogP contribution in [0.1, 0.15) is 5.56 Å². The number of rotatable bonds is 3. The molecule has 19 heavy (non-hydrogen) atoms. The fraction of sp³-hybridized carbons (Fsp3) is 0.143. The first kappa shape index (κ1) is 12.4. The van der Waals surface area contributed by atoms with Crippen molar-refractivity contribution in [1.82, 2.24) is 14.8 Å². The summed E-state index contributed by atoms with van der Waals surface area (Å²) in [7, 11) is 1.67. The quantitative estimate of drug-likeness (QED) is 0.670. The lowest BCUT2D eigenvalue weighted by molar-refractivity contribution is 0.414. The van der Waals surface area contributed by atoms with Crippen LogP contribution in [0, 0.1) is 3.70 Å². The number of hydrogen-bond donors (Lipinski definition) is 0. The average Bonchev–Trinajstić information content (AvgIpc) is 2.77. The molecule has 0 bridgehead atoms. The van der Waals surface area contributed by atoms with E-state index in [1.54, 1.807) is 13.3 Å². The Morgan fingerprint density at radius 3 is 2.74 bits per heavy atom. The minimum Gasteiger partial charge on any atom is -0.497 e. The largest absolute Gasteiger partial charge is 0.497 e. The Morgan fingerprint density at radius 1 is 1.21 bits per heavy atom. The number of nitrogens with zero attached hydrogens (tertiary/aromatic N) is 3. The third-order valence-electron chi connectivity index (χ3n) is 3.00. The molecule has 96 valence electrons. The van der Waals surface area contributed by atoms with E-state index in [2.05, 4.69) is 44.8 Å². The number of aromatic nitrogens is 3. The number of pyridine rings is 1. The van der Waals surface area contributed by atoms with Gasteiger partial charge in [-0.15, -0.1) is 0 Å². The zero-order valence-electron chi connectivity index (χ0n) is 10.4. The zero-order chi connectivity index (χ0) is 13.2. The molecule has 3 rings (SSSR count). The van der Waals surface area contributed by atoms with Crippen LogP contribution in [-0.4, -0.2) is 21.9 Å². The molecule has 0 atom stereocenters. The standard InChI is InChI=1S/C14H12IN3O/c1-19-11-4-2-10(3-5-11)9-18-13-8-16-7-6-12(13)14(15)17-18/h2-8H,9H2,1H3. The average molecular weight is 365 g/mol. The lowest BCUT2D eigenvalue weighted by atomic mass is 10.2. The Bertz CT molecular complexity index is 706. The maximum atomic E-state index is 5.16. The summed E-state index contributed by atoms with van der Waals surface area (Å²) in [5, 5.41) is 5.70. The molecular weight excluding hydrogens is 353 g/mol. The summed E-state index contributed by atoms with van der Waals surface area (Å²) < 4.78 is 8.14. The second kappa shape index (κ2) is 5.16. The van der Waals surface area contributed by atoms with Gasteiger partial charge >= 0.3 is 0 Å². The molecule has 0 N–H and O–H groups in total. The van der Waals surface area contributed by atoms with Crippen LogP contribution in [0.2, 0.25) is 0 Å². The zero-order valence-corrected chi connectivity index (χ0v) is 12.5. The first-order valence-electron chi connectivity index (χ1n) is 5.87. The predicted molar refractivity (Wildman–Crippen MR) is 82.3 cm³/mol. The molecule has 5 heteroatoms. The highest BCUT2D eigenvalue weighted by atomic mass is 127. The summed E-state index contributed by atoms with van der Waals surface area (Å²) in [6, 6.07) is 10.0. The van der Waals surface area contributed by atoms with E-state index < -0.39 is 0 Å². The maximum Gasteiger partial charge on any atom is 0.131 e. The van der Waals surface area contributed by atoms with E-state index in [1.165, 1.54) is 5.56 Å². The molecule has 0 unspecified atom stereocenters. The van der Waals surface area contributed by atoms with Gasteiger partial charge in [-0.1, -0.05) is 12.1 Å². The molecule has 0 saturated carbocycles. The lowest BCUT2D eigenvalue weighted by Gasteiger charge is -2.05. The normalized spacial score (nSPS) is 10.8. The van der Waals surface area contributed by atoms with Gasteiger partial charge in [0, 0.05) is 11.6 Å². The van der Waals surface area contributed by atoms with Crippen molar-refractivity contribution in [2.24, 2.45) is 0 Å². The van der Waals surface area contributed by atoms with E-state index in [0.29, 0.717) is 0 Å². The molecule has 0 spiro atoms. The molecule has 0 aliphatic heterocycles. The minimum atomic E-state index is 0.731. The van der Waals surface area contributed by atoms with Gasteiger partial charge in [-0.2, -0.15) is 5.10 Å². The second-order valence-corrected chi connectivity index (χ2v) is 5.21. The summed E-state index contributed by atoms with van der Waals surface area (Å²) in [5.74, 6) is 0.866. The van der Waals surface area contributed by atoms with Gasteiger partial charge in [-0.25, -0.2) is 0 Å². The van der Waals surface area contributed by atoms with Crippen molar-refractivity contribution in [3.63, 3.8) is 0 Å². The van der Waals surface area contributed by atoms with Crippen LogP contribution in [0.15, 0.2) is 42.7 Å². The smallest absolute Gasteiger partial charge is 0.131 e. The van der Waals surface area contributed by atoms with E-state index in [9.17, 15) is 0 Å². The minimum absolute atomic E-state index is 0.731. The van der Waals surface area contributed by atoms with Crippen molar-refractivity contribution in [2.45, 2.75) is 6.54 Å². The van der Waals surface area contributed by atoms with Gasteiger partial charge in [0.1, 0.15) is 9.45 Å². The Morgan fingerprint density at radius 2 is 2.00 bits per heavy atom. The summed E-state index contributed by atoms with van der Waals surface area (Å²) in [4.78, 5) is 4.17. The maximum absolute atomic E-state index is 5.16. The monoisotopic (exact) mass is 365 g/mol. The molecule has 4 nitrogen and oxygen atoms in total. The molecule has 0 aliphatic rings. The fourth-order valence-electron chi connectivity index (χ4n) is 2.00. The van der Waals surface area contributed by atoms with Crippen molar-refractivity contribution in [3.8, 4) is 5.75 Å². The summed E-state index contributed by atoms with van der Waals surface area (Å²) >= 11 is 2.25. The number of fused-ring (bicyclic) bond motifs is 1. The Hall–Kier alpha value is -1.63. The van der Waals surface area contributed by atoms with E-state index in [0.717, 1.165) is 26.9 Å². The van der Waals surface area contributed by atoms with Crippen molar-refractivity contribution in [2.75, 3.05) is 7.11 Å². The van der Waals surface area contributed by atoms with Gasteiger partial charge in [0.25, 0.3) is 0 Å². The van der Waals surface area contributed by atoms with Gasteiger partial charge in [-0.3, -0.25) is 9.67 Å². The van der Waals surface area contributed by atoms with Crippen molar-refractivity contribution >= 4 is 33.5 Å². The number of benzene rings is 1. The van der Waals surface area contributed by atoms with E-state index in [4.69, 9.17) is 4.74 Å². The third-order valence-corrected chi connectivity index (χ3v) is 3.80. The number of methoxy groups -OCH3 is 1. The number of ether oxygens (including phenoxy) is 1. The number of hydrogen-bond acceptors (Lipinski definition) is 3. The van der Waals surface area contributed by atoms with Gasteiger partial charge in [0.15, 0.2) is 0 Å². The Kier molecular flexibility index (Phi) is 3.37. The van der Waals surface area contributed by atoms with Gasteiger partial charge in [-0.05, 0) is 46.4 Å². The van der Waals surface area contributed by atoms with E-state index in [1.807, 2.05) is 29.1 Å². The molecular formula is C14H12IN3O. The van der Waals surface area contributed by atoms with Gasteiger partial charge in [0.2, 0.25) is 0 Å². The van der Waals surface area contributed by atoms with Crippen molar-refractivity contribution in [3.05, 3.63) is 52.0 Å². The molecule has 0 saturated heterocycles. The first-order valence-corrected chi connectivity index (χ1v) is 6.95. The topological polar surface area (TPSA) is 39.9 Å². The van der Waals surface area contributed by atoms with Crippen LogP contribution in [0.25, 0.3) is 10.9 Å². The molecule has 1 aromatic carbocycles. The number of halogens is 1. The molecule has 0 amide bonds. The highest BCUT2D eigenvalue weighted by Crippen LogP contribution is 2.20. The summed E-state index contributed by atoms with van der Waals surface area (Å²) in [6.45, 7) is 0.731. The molecule has 3 aromatic rings. The van der Waals surface area contributed by atoms with Crippen LogP contribution in [-0.2, 0) is 6.54 Å². The molecule has 0 radical (unpaired) electrons. The fourth-order valence-corrected chi connectivity index (χ4v) is 2.72. The van der Waals surface area contributed by atoms with Gasteiger partial charge in [0.05, 0.1) is 25.4 Å². The molecule has 2 aromatic heterocycles. The Balaban J connectivity index is 1.96. The first-order chi connectivity index (χ1) is 9.28. The van der Waals surface area contributed by atoms with Crippen LogP contribution in [0.5, 0.6) is 5.75 Å². The third kappa shape index (κ3) is 2.42. The molecule has 0 aliphatic carbocycles. The van der Waals surface area contributed by atoms with Crippen LogP contribution < -0.4 is 4.74 Å². The SMILES string of the molecule is COc1ccc(Cn2nc(I)c3ccncc32)cc1. The second-order valence-electron chi connectivity index (χ2n) is 4.19. The van der Waals surface area contributed by atoms with Crippen molar-refractivity contribution in [1.29, 1.82) is 0 Å². The lowest BCUT2D eigenvalue weighted by Crippen LogP contribution is -2.01. The predicted octanol–water partition coefficient (Wildman–Crippen LogP) is 3.09. The summed E-state index contributed by atoms with van der Waals surface area (Å²) in [6.07, 6.45) is 3.65. The molecule has 0 fully saturated rings. The van der Waals surface area contributed by atoms with Crippen LogP contribution in [0.4, 0.5) is 0 Å². The highest BCUT2D eigenvalue weighted by Gasteiger charge is 2.08. The van der Waals surface area contributed by atoms with E-state index >= 15 is 0 Å². The van der Waals surface area contributed by atoms with Crippen LogP contribution in [0.3, 0.4) is 0 Å². The van der Waals surface area contributed by atoms with Gasteiger partial charge < -0.3 is 4.74 Å². The van der Waals surface area contributed by atoms with Crippen molar-refractivity contribution < 1.29 is 4.74 Å².